The Morgan fingerprint density at radius 3 is 1.81 bits per heavy atom. The summed E-state index contributed by atoms with van der Waals surface area (Å²) in [7, 11) is 0. The van der Waals surface area contributed by atoms with Gasteiger partial charge in [0.25, 0.3) is 0 Å². The van der Waals surface area contributed by atoms with E-state index in [-0.39, 0.29) is 22.8 Å². The fourth-order valence-electron chi connectivity index (χ4n) is 1.74. The first-order valence-corrected chi connectivity index (χ1v) is 6.38. The van der Waals surface area contributed by atoms with Crippen LogP contribution >= 0.6 is 11.3 Å². The van der Waals surface area contributed by atoms with Crippen molar-refractivity contribution in [2.75, 3.05) is 0 Å². The van der Waals surface area contributed by atoms with Crippen LogP contribution < -0.4 is 0 Å². The lowest BCUT2D eigenvalue weighted by Crippen LogP contribution is -2.11. The molecule has 0 aliphatic carbocycles. The predicted octanol–water partition coefficient (Wildman–Crippen LogP) is 5.27. The fourth-order valence-corrected chi connectivity index (χ4v) is 2.55. The van der Waals surface area contributed by atoms with E-state index in [1.165, 1.54) is 10.8 Å². The van der Waals surface area contributed by atoms with Gasteiger partial charge in [0.05, 0.1) is 11.1 Å². The van der Waals surface area contributed by atoms with E-state index in [9.17, 15) is 31.1 Å². The highest BCUT2D eigenvalue weighted by atomic mass is 32.1. The zero-order chi connectivity index (χ0) is 15.8. The van der Waals surface area contributed by atoms with Crippen LogP contribution in [0.25, 0.3) is 11.1 Å². The molecule has 112 valence electrons. The third-order valence-electron chi connectivity index (χ3n) is 2.72. The molecule has 0 radical (unpaired) electrons. The van der Waals surface area contributed by atoms with Crippen molar-refractivity contribution < 1.29 is 31.1 Å². The standard InChI is InChI=1S/C13H6F6OS/c14-12(15,16)9-1-7(2-10(3-9)13(17,18)19)11-6-21-5-8(11)4-20/h1-6H. The number of hydrogen-bond acceptors (Lipinski definition) is 2. The quantitative estimate of drug-likeness (QED) is 0.543. The molecule has 1 aromatic carbocycles. The highest BCUT2D eigenvalue weighted by molar-refractivity contribution is 7.08. The maximum Gasteiger partial charge on any atom is 0.416 e. The molecule has 0 fully saturated rings. The van der Waals surface area contributed by atoms with E-state index in [2.05, 4.69) is 0 Å². The lowest BCUT2D eigenvalue weighted by atomic mass is 9.99. The molecule has 0 aliphatic rings. The van der Waals surface area contributed by atoms with Crippen molar-refractivity contribution in [3.8, 4) is 11.1 Å². The van der Waals surface area contributed by atoms with Gasteiger partial charge in [-0.05, 0) is 29.1 Å². The first-order chi connectivity index (χ1) is 9.63. The van der Waals surface area contributed by atoms with Gasteiger partial charge in [-0.15, -0.1) is 0 Å². The molecule has 0 bridgehead atoms. The molecule has 1 aromatic heterocycles. The van der Waals surface area contributed by atoms with Gasteiger partial charge in [-0.3, -0.25) is 4.79 Å². The molecular formula is C13H6F6OS. The highest BCUT2D eigenvalue weighted by Crippen LogP contribution is 2.39. The molecule has 0 unspecified atom stereocenters. The van der Waals surface area contributed by atoms with Crippen molar-refractivity contribution in [2.45, 2.75) is 12.4 Å². The van der Waals surface area contributed by atoms with Crippen LogP contribution in [0.4, 0.5) is 26.3 Å². The van der Waals surface area contributed by atoms with Gasteiger partial charge in [-0.1, -0.05) is 0 Å². The van der Waals surface area contributed by atoms with Crippen molar-refractivity contribution >= 4 is 17.6 Å². The topological polar surface area (TPSA) is 17.1 Å². The van der Waals surface area contributed by atoms with Crippen molar-refractivity contribution in [2.24, 2.45) is 0 Å². The molecule has 2 rings (SSSR count). The van der Waals surface area contributed by atoms with E-state index >= 15 is 0 Å². The number of rotatable bonds is 2. The molecule has 8 heteroatoms. The Balaban J connectivity index is 2.69. The maximum absolute atomic E-state index is 12.7. The van der Waals surface area contributed by atoms with Crippen LogP contribution in [0.1, 0.15) is 21.5 Å². The SMILES string of the molecule is O=Cc1cscc1-c1cc(C(F)(F)F)cc(C(F)(F)F)c1. The van der Waals surface area contributed by atoms with Crippen LogP contribution in [0.15, 0.2) is 29.0 Å². The van der Waals surface area contributed by atoms with E-state index in [1.54, 1.807) is 0 Å². The molecule has 2 aromatic rings. The minimum absolute atomic E-state index is 0.0478. The largest absolute Gasteiger partial charge is 0.416 e. The van der Waals surface area contributed by atoms with Gasteiger partial charge in [0.15, 0.2) is 6.29 Å². The van der Waals surface area contributed by atoms with Gasteiger partial charge in [0, 0.05) is 16.5 Å². The van der Waals surface area contributed by atoms with Gasteiger partial charge in [0.2, 0.25) is 0 Å². The zero-order valence-corrected chi connectivity index (χ0v) is 10.9. The van der Waals surface area contributed by atoms with E-state index in [4.69, 9.17) is 0 Å². The Kier molecular flexibility index (Phi) is 3.83. The summed E-state index contributed by atoms with van der Waals surface area (Å²) in [5.74, 6) is 0. The van der Waals surface area contributed by atoms with E-state index < -0.39 is 23.5 Å². The van der Waals surface area contributed by atoms with Gasteiger partial charge >= 0.3 is 12.4 Å². The Labute approximate surface area is 118 Å². The third-order valence-corrected chi connectivity index (χ3v) is 3.48. The molecule has 0 N–H and O–H groups in total. The number of carbonyl (C=O) groups excluding carboxylic acids is 1. The number of alkyl halides is 6. The van der Waals surface area contributed by atoms with E-state index in [1.807, 2.05) is 0 Å². The van der Waals surface area contributed by atoms with Gasteiger partial charge in [0.1, 0.15) is 0 Å². The molecule has 0 atom stereocenters. The van der Waals surface area contributed by atoms with Crippen molar-refractivity contribution in [3.05, 3.63) is 45.6 Å². The summed E-state index contributed by atoms with van der Waals surface area (Å²) >= 11 is 1.02. The number of benzene rings is 1. The van der Waals surface area contributed by atoms with Crippen LogP contribution in [-0.4, -0.2) is 6.29 Å². The molecule has 1 heterocycles. The van der Waals surface area contributed by atoms with Crippen molar-refractivity contribution in [1.82, 2.24) is 0 Å². The Bertz CT molecular complexity index is 636. The zero-order valence-electron chi connectivity index (χ0n) is 10.0. The number of aldehydes is 1. The Morgan fingerprint density at radius 1 is 0.857 bits per heavy atom. The second-order valence-corrected chi connectivity index (χ2v) is 4.90. The summed E-state index contributed by atoms with van der Waals surface area (Å²) in [6, 6.07) is 1.25. The maximum atomic E-state index is 12.7. The van der Waals surface area contributed by atoms with Crippen LogP contribution in [0, 0.1) is 0 Å². The summed E-state index contributed by atoms with van der Waals surface area (Å²) in [6.07, 6.45) is -9.43. The lowest BCUT2D eigenvalue weighted by molar-refractivity contribution is -0.143. The smallest absolute Gasteiger partial charge is 0.298 e. The van der Waals surface area contributed by atoms with Crippen molar-refractivity contribution in [1.29, 1.82) is 0 Å². The molecule has 21 heavy (non-hydrogen) atoms. The van der Waals surface area contributed by atoms with E-state index in [0.29, 0.717) is 18.4 Å². The predicted molar refractivity (Wildman–Crippen MR) is 65.1 cm³/mol. The third kappa shape index (κ3) is 3.26. The summed E-state index contributed by atoms with van der Waals surface area (Å²) < 4.78 is 76.4. The molecule has 0 aliphatic heterocycles. The number of carbonyl (C=O) groups is 1. The molecule has 0 saturated heterocycles. The first-order valence-electron chi connectivity index (χ1n) is 5.44. The number of halogens is 6. The average Bonchev–Trinajstić information content (AvgIpc) is 2.84. The minimum Gasteiger partial charge on any atom is -0.298 e. The van der Waals surface area contributed by atoms with Gasteiger partial charge in [-0.25, -0.2) is 0 Å². The minimum atomic E-state index is -4.91. The van der Waals surface area contributed by atoms with Gasteiger partial charge in [-0.2, -0.15) is 37.7 Å². The summed E-state index contributed by atoms with van der Waals surface area (Å²) in [5, 5.41) is 2.69. The Morgan fingerprint density at radius 2 is 1.38 bits per heavy atom. The summed E-state index contributed by atoms with van der Waals surface area (Å²) in [4.78, 5) is 10.8. The average molecular weight is 324 g/mol. The van der Waals surface area contributed by atoms with Crippen molar-refractivity contribution in [3.63, 3.8) is 0 Å². The highest BCUT2D eigenvalue weighted by Gasteiger charge is 2.37. The summed E-state index contributed by atoms with van der Waals surface area (Å²) in [6.45, 7) is 0. The fraction of sp³-hybridized carbons (Fsp3) is 0.154. The number of hydrogen-bond donors (Lipinski definition) is 0. The molecule has 0 saturated carbocycles. The van der Waals surface area contributed by atoms with Gasteiger partial charge < -0.3 is 0 Å². The molecular weight excluding hydrogens is 318 g/mol. The van der Waals surface area contributed by atoms with Crippen LogP contribution in [0.5, 0.6) is 0 Å². The molecule has 0 spiro atoms. The van der Waals surface area contributed by atoms with E-state index in [0.717, 1.165) is 11.3 Å². The second kappa shape index (κ2) is 5.18. The summed E-state index contributed by atoms with van der Waals surface area (Å²) in [5.41, 5.74) is -3.01. The monoisotopic (exact) mass is 324 g/mol. The first kappa shape index (κ1) is 15.6. The van der Waals surface area contributed by atoms with Crippen LogP contribution in [0.3, 0.4) is 0 Å². The number of thiophene rings is 1. The van der Waals surface area contributed by atoms with Crippen LogP contribution in [-0.2, 0) is 12.4 Å². The normalized spacial score (nSPS) is 12.5. The lowest BCUT2D eigenvalue weighted by Gasteiger charge is -2.14. The molecule has 0 amide bonds. The Hall–Kier alpha value is -1.83. The molecule has 1 nitrogen and oxygen atoms in total. The second-order valence-electron chi connectivity index (χ2n) is 4.15. The van der Waals surface area contributed by atoms with Crippen LogP contribution in [0.2, 0.25) is 0 Å².